The molecule has 138 valence electrons. The van der Waals surface area contributed by atoms with Crippen LogP contribution >= 0.6 is 0 Å². The van der Waals surface area contributed by atoms with Gasteiger partial charge in [0.25, 0.3) is 5.69 Å². The standard InChI is InChI=1S/C18H28N4O3/c1-2-14-21(16-9-12-19-13-10-16)18(23)4-3-11-20-15-5-7-17(8-6-15)22(24)25/h5-8,16,19-20H,2-4,9-14H2,1H3. The Bertz CT molecular complexity index is 556. The van der Waals surface area contributed by atoms with Gasteiger partial charge in [-0.3, -0.25) is 14.9 Å². The molecule has 1 aliphatic heterocycles. The minimum atomic E-state index is -0.411. The van der Waals surface area contributed by atoms with E-state index in [1.807, 2.05) is 0 Å². The molecule has 1 aromatic carbocycles. The molecular weight excluding hydrogens is 320 g/mol. The van der Waals surface area contributed by atoms with Gasteiger partial charge in [-0.2, -0.15) is 0 Å². The zero-order chi connectivity index (χ0) is 18.1. The van der Waals surface area contributed by atoms with E-state index in [1.165, 1.54) is 12.1 Å². The largest absolute Gasteiger partial charge is 0.385 e. The highest BCUT2D eigenvalue weighted by Crippen LogP contribution is 2.16. The maximum atomic E-state index is 12.6. The number of anilines is 1. The van der Waals surface area contributed by atoms with Crippen LogP contribution < -0.4 is 10.6 Å². The van der Waals surface area contributed by atoms with E-state index in [0.29, 0.717) is 19.0 Å². The third-order valence-corrected chi connectivity index (χ3v) is 4.51. The topological polar surface area (TPSA) is 87.5 Å². The predicted octanol–water partition coefficient (Wildman–Crippen LogP) is 2.78. The lowest BCUT2D eigenvalue weighted by molar-refractivity contribution is -0.384. The highest BCUT2D eigenvalue weighted by Gasteiger charge is 2.23. The average Bonchev–Trinajstić information content (AvgIpc) is 2.64. The van der Waals surface area contributed by atoms with E-state index in [-0.39, 0.29) is 11.6 Å². The van der Waals surface area contributed by atoms with Gasteiger partial charge in [0.2, 0.25) is 5.91 Å². The quantitative estimate of drug-likeness (QED) is 0.407. The van der Waals surface area contributed by atoms with Crippen LogP contribution in [0.25, 0.3) is 0 Å². The van der Waals surface area contributed by atoms with Crippen molar-refractivity contribution < 1.29 is 9.72 Å². The molecule has 0 unspecified atom stereocenters. The van der Waals surface area contributed by atoms with Crippen molar-refractivity contribution in [3.05, 3.63) is 34.4 Å². The van der Waals surface area contributed by atoms with Crippen LogP contribution in [0.2, 0.25) is 0 Å². The number of amides is 1. The molecule has 1 aliphatic rings. The number of nitro benzene ring substituents is 1. The first-order valence-corrected chi connectivity index (χ1v) is 9.10. The summed E-state index contributed by atoms with van der Waals surface area (Å²) in [4.78, 5) is 24.9. The van der Waals surface area contributed by atoms with E-state index in [1.54, 1.807) is 12.1 Å². The highest BCUT2D eigenvalue weighted by molar-refractivity contribution is 5.76. The molecule has 1 fully saturated rings. The second-order valence-electron chi connectivity index (χ2n) is 6.40. The fourth-order valence-electron chi connectivity index (χ4n) is 3.19. The van der Waals surface area contributed by atoms with Crippen LogP contribution in [0.1, 0.15) is 39.0 Å². The predicted molar refractivity (Wildman–Crippen MR) is 98.7 cm³/mol. The maximum absolute atomic E-state index is 12.6. The summed E-state index contributed by atoms with van der Waals surface area (Å²) in [5.74, 6) is 0.235. The normalized spacial score (nSPS) is 14.9. The van der Waals surface area contributed by atoms with Crippen LogP contribution in [0, 0.1) is 10.1 Å². The molecule has 0 aliphatic carbocycles. The number of nitrogens with zero attached hydrogens (tertiary/aromatic N) is 2. The molecule has 7 nitrogen and oxygen atoms in total. The van der Waals surface area contributed by atoms with E-state index in [2.05, 4.69) is 22.5 Å². The van der Waals surface area contributed by atoms with Gasteiger partial charge in [0.1, 0.15) is 0 Å². The minimum Gasteiger partial charge on any atom is -0.385 e. The molecule has 0 aromatic heterocycles. The summed E-state index contributed by atoms with van der Waals surface area (Å²) in [6.07, 6.45) is 4.33. The van der Waals surface area contributed by atoms with E-state index >= 15 is 0 Å². The van der Waals surface area contributed by atoms with Gasteiger partial charge < -0.3 is 15.5 Å². The third-order valence-electron chi connectivity index (χ3n) is 4.51. The molecule has 0 saturated carbocycles. The first-order valence-electron chi connectivity index (χ1n) is 9.10. The Balaban J connectivity index is 1.75. The lowest BCUT2D eigenvalue weighted by Crippen LogP contribution is -2.46. The van der Waals surface area contributed by atoms with Crippen LogP contribution in [0.5, 0.6) is 0 Å². The van der Waals surface area contributed by atoms with E-state index in [9.17, 15) is 14.9 Å². The van der Waals surface area contributed by atoms with E-state index in [0.717, 1.165) is 51.0 Å². The SMILES string of the molecule is CCCN(C(=O)CCCNc1ccc([N+](=O)[O-])cc1)C1CCNCC1. The van der Waals surface area contributed by atoms with Gasteiger partial charge in [0, 0.05) is 43.4 Å². The monoisotopic (exact) mass is 348 g/mol. The Morgan fingerprint density at radius 2 is 2.00 bits per heavy atom. The van der Waals surface area contributed by atoms with E-state index in [4.69, 9.17) is 0 Å². The second kappa shape index (κ2) is 9.98. The molecule has 0 bridgehead atoms. The lowest BCUT2D eigenvalue weighted by Gasteiger charge is -2.34. The minimum absolute atomic E-state index is 0.0814. The van der Waals surface area contributed by atoms with Crippen molar-refractivity contribution in [3.63, 3.8) is 0 Å². The molecule has 0 radical (unpaired) electrons. The number of non-ortho nitro benzene ring substituents is 1. The molecule has 1 saturated heterocycles. The zero-order valence-electron chi connectivity index (χ0n) is 14.9. The number of rotatable bonds is 9. The molecule has 7 heteroatoms. The summed E-state index contributed by atoms with van der Waals surface area (Å²) in [5.41, 5.74) is 0.916. The van der Waals surface area contributed by atoms with Gasteiger partial charge in [-0.05, 0) is 50.9 Å². The smallest absolute Gasteiger partial charge is 0.269 e. The number of piperidine rings is 1. The second-order valence-corrected chi connectivity index (χ2v) is 6.40. The third kappa shape index (κ3) is 6.01. The average molecular weight is 348 g/mol. The Morgan fingerprint density at radius 1 is 1.32 bits per heavy atom. The molecule has 1 amide bonds. The summed E-state index contributed by atoms with van der Waals surface area (Å²) >= 11 is 0. The van der Waals surface area contributed by atoms with Crippen molar-refractivity contribution in [1.82, 2.24) is 10.2 Å². The highest BCUT2D eigenvalue weighted by atomic mass is 16.6. The molecule has 1 aromatic rings. The Labute approximate surface area is 148 Å². The number of carbonyl (C=O) groups excluding carboxylic acids is 1. The van der Waals surface area contributed by atoms with Crippen molar-refractivity contribution in [2.45, 2.75) is 45.1 Å². The number of hydrogen-bond acceptors (Lipinski definition) is 5. The van der Waals surface area contributed by atoms with Gasteiger partial charge in [-0.25, -0.2) is 0 Å². The lowest BCUT2D eigenvalue weighted by atomic mass is 10.0. The van der Waals surface area contributed by atoms with Crippen molar-refractivity contribution in [2.75, 3.05) is 31.5 Å². The fourth-order valence-corrected chi connectivity index (χ4v) is 3.19. The van der Waals surface area contributed by atoms with Crippen LogP contribution in [-0.2, 0) is 4.79 Å². The first-order chi connectivity index (χ1) is 12.1. The summed E-state index contributed by atoms with van der Waals surface area (Å²) in [6.45, 7) is 5.59. The summed E-state index contributed by atoms with van der Waals surface area (Å²) in [5, 5.41) is 17.2. The molecule has 2 N–H and O–H groups in total. The Hall–Kier alpha value is -2.15. The Kier molecular flexibility index (Phi) is 7.66. The number of nitro groups is 1. The molecule has 2 rings (SSSR count). The van der Waals surface area contributed by atoms with Gasteiger partial charge in [-0.15, -0.1) is 0 Å². The van der Waals surface area contributed by atoms with Gasteiger partial charge >= 0.3 is 0 Å². The van der Waals surface area contributed by atoms with E-state index < -0.39 is 4.92 Å². The molecule has 0 spiro atoms. The Morgan fingerprint density at radius 3 is 2.60 bits per heavy atom. The number of carbonyl (C=O) groups is 1. The number of hydrogen-bond donors (Lipinski definition) is 2. The summed E-state index contributed by atoms with van der Waals surface area (Å²) < 4.78 is 0. The van der Waals surface area contributed by atoms with Crippen LogP contribution in [0.3, 0.4) is 0 Å². The van der Waals surface area contributed by atoms with Crippen molar-refractivity contribution in [1.29, 1.82) is 0 Å². The molecule has 0 atom stereocenters. The van der Waals surface area contributed by atoms with Gasteiger partial charge in [-0.1, -0.05) is 6.92 Å². The number of nitrogens with one attached hydrogen (secondary N) is 2. The van der Waals surface area contributed by atoms with Crippen molar-refractivity contribution in [3.8, 4) is 0 Å². The number of benzene rings is 1. The van der Waals surface area contributed by atoms with Gasteiger partial charge in [0.05, 0.1) is 4.92 Å². The molecule has 1 heterocycles. The van der Waals surface area contributed by atoms with Crippen LogP contribution in [-0.4, -0.2) is 48.0 Å². The first kappa shape index (κ1) is 19.2. The maximum Gasteiger partial charge on any atom is 0.269 e. The molecular formula is C18H28N4O3. The van der Waals surface area contributed by atoms with Crippen molar-refractivity contribution in [2.24, 2.45) is 0 Å². The summed E-state index contributed by atoms with van der Waals surface area (Å²) in [7, 11) is 0. The van der Waals surface area contributed by atoms with Crippen LogP contribution in [0.15, 0.2) is 24.3 Å². The molecule has 25 heavy (non-hydrogen) atoms. The van der Waals surface area contributed by atoms with Crippen LogP contribution in [0.4, 0.5) is 11.4 Å². The van der Waals surface area contributed by atoms with Gasteiger partial charge in [0.15, 0.2) is 0 Å². The van der Waals surface area contributed by atoms with Crippen molar-refractivity contribution >= 4 is 17.3 Å². The zero-order valence-corrected chi connectivity index (χ0v) is 14.9. The fraction of sp³-hybridized carbons (Fsp3) is 0.611. The summed E-state index contributed by atoms with van der Waals surface area (Å²) in [6, 6.07) is 6.72.